The molecule has 0 aliphatic carbocycles. The molecule has 126 valence electrons. The van der Waals surface area contributed by atoms with Gasteiger partial charge in [0.1, 0.15) is 12.4 Å². The van der Waals surface area contributed by atoms with Gasteiger partial charge in [-0.15, -0.1) is 0 Å². The van der Waals surface area contributed by atoms with E-state index in [-0.39, 0.29) is 0 Å². The predicted octanol–water partition coefficient (Wildman–Crippen LogP) is 5.57. The van der Waals surface area contributed by atoms with Crippen molar-refractivity contribution >= 4 is 0 Å². The third kappa shape index (κ3) is 10.6. The summed E-state index contributed by atoms with van der Waals surface area (Å²) in [5.41, 5.74) is 0. The maximum atomic E-state index is 2.40. The highest BCUT2D eigenvalue weighted by molar-refractivity contribution is 4.81. The van der Waals surface area contributed by atoms with E-state index < -0.39 is 0 Å². The van der Waals surface area contributed by atoms with Gasteiger partial charge in [-0.1, -0.05) is 57.6 Å². The zero-order chi connectivity index (χ0) is 15.9. The Bertz CT molecular complexity index is 379. The molecule has 0 bridgehead atoms. The lowest BCUT2D eigenvalue weighted by molar-refractivity contribution is -0.671. The second-order valence-electron chi connectivity index (χ2n) is 6.55. The molecule has 0 saturated carbocycles. The van der Waals surface area contributed by atoms with Crippen LogP contribution in [0.15, 0.2) is 30.9 Å². The summed E-state index contributed by atoms with van der Waals surface area (Å²) in [6.07, 6.45) is 27.6. The van der Waals surface area contributed by atoms with Crippen LogP contribution in [0.4, 0.5) is 0 Å². The summed E-state index contributed by atoms with van der Waals surface area (Å²) in [7, 11) is 2.08. The average molecular weight is 306 g/mol. The van der Waals surface area contributed by atoms with Crippen molar-refractivity contribution < 1.29 is 4.57 Å². The van der Waals surface area contributed by atoms with Gasteiger partial charge in [0.05, 0.1) is 13.6 Å². The highest BCUT2D eigenvalue weighted by Crippen LogP contribution is 2.09. The number of imidazole rings is 1. The van der Waals surface area contributed by atoms with E-state index in [1.54, 1.807) is 0 Å². The van der Waals surface area contributed by atoms with Crippen LogP contribution in [0.2, 0.25) is 0 Å². The predicted molar refractivity (Wildman–Crippen MR) is 95.8 cm³/mol. The van der Waals surface area contributed by atoms with Gasteiger partial charge < -0.3 is 0 Å². The van der Waals surface area contributed by atoms with Crippen molar-refractivity contribution in [3.05, 3.63) is 30.9 Å². The Hall–Kier alpha value is -1.05. The second-order valence-corrected chi connectivity index (χ2v) is 6.55. The molecule has 1 aromatic rings. The van der Waals surface area contributed by atoms with Gasteiger partial charge >= 0.3 is 0 Å². The first-order valence-electron chi connectivity index (χ1n) is 9.49. The van der Waals surface area contributed by atoms with E-state index in [0.717, 1.165) is 0 Å². The first-order chi connectivity index (χ1) is 10.8. The Morgan fingerprint density at radius 2 is 1.41 bits per heavy atom. The number of hydrogen-bond acceptors (Lipinski definition) is 0. The third-order valence-electron chi connectivity index (χ3n) is 4.25. The van der Waals surface area contributed by atoms with E-state index in [9.17, 15) is 0 Å². The topological polar surface area (TPSA) is 8.81 Å². The first kappa shape index (κ1) is 19.0. The maximum absolute atomic E-state index is 2.40. The van der Waals surface area contributed by atoms with Gasteiger partial charge in [-0.2, -0.15) is 0 Å². The molecular weight excluding hydrogens is 268 g/mol. The number of rotatable bonds is 14. The molecular formula is C20H37N2+. The van der Waals surface area contributed by atoms with E-state index in [2.05, 4.69) is 54.0 Å². The number of unbranched alkanes of at least 4 members (excludes halogenated alkanes) is 10. The number of aryl methyl sites for hydroxylation is 2. The molecule has 2 heteroatoms. The molecule has 0 unspecified atom stereocenters. The molecule has 0 saturated heterocycles. The Balaban J connectivity index is 1.79. The van der Waals surface area contributed by atoms with Gasteiger partial charge in [-0.25, -0.2) is 9.13 Å². The molecule has 0 amide bonds. The Morgan fingerprint density at radius 3 is 2.00 bits per heavy atom. The van der Waals surface area contributed by atoms with E-state index in [4.69, 9.17) is 0 Å². The Kier molecular flexibility index (Phi) is 11.7. The molecule has 0 radical (unpaired) electrons. The molecule has 1 rings (SSSR count). The molecule has 0 N–H and O–H groups in total. The lowest BCUT2D eigenvalue weighted by Crippen LogP contribution is -2.23. The summed E-state index contributed by atoms with van der Waals surface area (Å²) in [4.78, 5) is 0. The largest absolute Gasteiger partial charge is 0.243 e. The fourth-order valence-corrected chi connectivity index (χ4v) is 2.82. The molecule has 0 atom stereocenters. The van der Waals surface area contributed by atoms with Crippen molar-refractivity contribution in [3.63, 3.8) is 0 Å². The quantitative estimate of drug-likeness (QED) is 0.241. The van der Waals surface area contributed by atoms with Crippen molar-refractivity contribution in [2.75, 3.05) is 0 Å². The summed E-state index contributed by atoms with van der Waals surface area (Å²) in [6.45, 7) is 3.44. The minimum atomic E-state index is 1.17. The number of aromatic nitrogens is 2. The lowest BCUT2D eigenvalue weighted by Gasteiger charge is -2.00. The fourth-order valence-electron chi connectivity index (χ4n) is 2.82. The van der Waals surface area contributed by atoms with Crippen molar-refractivity contribution in [1.29, 1.82) is 0 Å². The Labute approximate surface area is 138 Å². The summed E-state index contributed by atoms with van der Waals surface area (Å²) >= 11 is 0. The summed E-state index contributed by atoms with van der Waals surface area (Å²) < 4.78 is 4.39. The van der Waals surface area contributed by atoms with Crippen LogP contribution < -0.4 is 4.57 Å². The van der Waals surface area contributed by atoms with Gasteiger partial charge in [-0.05, 0) is 38.5 Å². The SMILES string of the molecule is CCCCCC/C=C\CCCCCCCCn1cc[n+](C)c1. The van der Waals surface area contributed by atoms with Gasteiger partial charge in [0.2, 0.25) is 6.33 Å². The molecule has 0 aliphatic rings. The van der Waals surface area contributed by atoms with Gasteiger partial charge in [0, 0.05) is 0 Å². The van der Waals surface area contributed by atoms with Gasteiger partial charge in [0.25, 0.3) is 0 Å². The molecule has 0 spiro atoms. The maximum Gasteiger partial charge on any atom is 0.243 e. The monoisotopic (exact) mass is 305 g/mol. The minimum Gasteiger partial charge on any atom is -0.240 e. The Morgan fingerprint density at radius 1 is 0.818 bits per heavy atom. The van der Waals surface area contributed by atoms with Crippen LogP contribution in [0.3, 0.4) is 0 Å². The van der Waals surface area contributed by atoms with Crippen LogP contribution in [0, 0.1) is 0 Å². The molecule has 0 fully saturated rings. The van der Waals surface area contributed by atoms with Crippen molar-refractivity contribution in [2.45, 2.75) is 90.5 Å². The van der Waals surface area contributed by atoms with Crippen LogP contribution in [0.25, 0.3) is 0 Å². The average Bonchev–Trinajstić information content (AvgIpc) is 2.93. The van der Waals surface area contributed by atoms with Crippen LogP contribution >= 0.6 is 0 Å². The highest BCUT2D eigenvalue weighted by atomic mass is 15.1. The van der Waals surface area contributed by atoms with Crippen molar-refractivity contribution in [1.82, 2.24) is 4.57 Å². The highest BCUT2D eigenvalue weighted by Gasteiger charge is 1.99. The van der Waals surface area contributed by atoms with Crippen molar-refractivity contribution in [3.8, 4) is 0 Å². The van der Waals surface area contributed by atoms with Crippen LogP contribution in [0.5, 0.6) is 0 Å². The number of nitrogens with zero attached hydrogens (tertiary/aromatic N) is 2. The first-order valence-corrected chi connectivity index (χ1v) is 9.49. The van der Waals surface area contributed by atoms with Crippen molar-refractivity contribution in [2.24, 2.45) is 7.05 Å². The van der Waals surface area contributed by atoms with Crippen LogP contribution in [-0.2, 0) is 13.6 Å². The molecule has 1 heterocycles. The van der Waals surface area contributed by atoms with E-state index >= 15 is 0 Å². The molecule has 22 heavy (non-hydrogen) atoms. The molecule has 0 aromatic carbocycles. The zero-order valence-corrected chi connectivity index (χ0v) is 15.0. The summed E-state index contributed by atoms with van der Waals surface area (Å²) in [5, 5.41) is 0. The van der Waals surface area contributed by atoms with Crippen LogP contribution in [0.1, 0.15) is 84.0 Å². The zero-order valence-electron chi connectivity index (χ0n) is 15.0. The standard InChI is InChI=1S/C20H37N2/c1-3-4-5-6-7-8-9-10-11-12-13-14-15-16-17-22-19-18-21(2)20-22/h8-9,18-20H,3-7,10-17H2,1-2H3/q+1/b9-8-. The fraction of sp³-hybridized carbons (Fsp3) is 0.750. The molecule has 1 aromatic heterocycles. The minimum absolute atomic E-state index is 1.17. The second kappa shape index (κ2) is 13.6. The summed E-state index contributed by atoms with van der Waals surface area (Å²) in [5.74, 6) is 0. The summed E-state index contributed by atoms with van der Waals surface area (Å²) in [6, 6.07) is 0. The molecule has 2 nitrogen and oxygen atoms in total. The van der Waals surface area contributed by atoms with E-state index in [1.807, 2.05) is 0 Å². The van der Waals surface area contributed by atoms with E-state index in [1.165, 1.54) is 83.6 Å². The van der Waals surface area contributed by atoms with Gasteiger partial charge in [0.15, 0.2) is 0 Å². The normalized spacial score (nSPS) is 11.5. The number of hydrogen-bond donors (Lipinski definition) is 0. The lowest BCUT2D eigenvalue weighted by atomic mass is 10.1. The third-order valence-corrected chi connectivity index (χ3v) is 4.25. The van der Waals surface area contributed by atoms with Gasteiger partial charge in [-0.3, -0.25) is 0 Å². The number of allylic oxidation sites excluding steroid dienone is 2. The van der Waals surface area contributed by atoms with Crippen LogP contribution in [-0.4, -0.2) is 4.57 Å². The molecule has 0 aliphatic heterocycles. The van der Waals surface area contributed by atoms with E-state index in [0.29, 0.717) is 0 Å². The smallest absolute Gasteiger partial charge is 0.240 e.